The summed E-state index contributed by atoms with van der Waals surface area (Å²) in [6, 6.07) is 0. The molecule has 1 aliphatic carbocycles. The van der Waals surface area contributed by atoms with Gasteiger partial charge in [0.05, 0.1) is 0 Å². The van der Waals surface area contributed by atoms with Crippen molar-refractivity contribution in [2.75, 3.05) is 0 Å². The molecule has 1 saturated carbocycles. The van der Waals surface area contributed by atoms with E-state index in [0.717, 1.165) is 31.2 Å². The molecule has 0 aliphatic heterocycles. The Kier molecular flexibility index (Phi) is 3.85. The average Bonchev–Trinajstić information content (AvgIpc) is 2.38. The molecule has 0 radical (unpaired) electrons. The highest BCUT2D eigenvalue weighted by Crippen LogP contribution is 2.30. The van der Waals surface area contributed by atoms with Crippen LogP contribution in [0.15, 0.2) is 24.3 Å². The molecule has 4 nitrogen and oxygen atoms in total. The van der Waals surface area contributed by atoms with E-state index in [-0.39, 0.29) is 5.92 Å². The molecule has 1 heterocycles. The standard InChI is InChI=1S/C13H16N2O2/c16-13(17)12(11-4-2-1-3-5-11)6-10-7-14-9-15-8-10/h6-9,11H,1-5H2,(H,16,17). The lowest BCUT2D eigenvalue weighted by molar-refractivity contribution is -0.133. The van der Waals surface area contributed by atoms with E-state index >= 15 is 0 Å². The minimum absolute atomic E-state index is 0.182. The van der Waals surface area contributed by atoms with E-state index in [1.807, 2.05) is 0 Å². The van der Waals surface area contributed by atoms with E-state index < -0.39 is 5.97 Å². The highest BCUT2D eigenvalue weighted by molar-refractivity contribution is 5.92. The Labute approximate surface area is 100 Å². The van der Waals surface area contributed by atoms with Crippen molar-refractivity contribution in [3.8, 4) is 0 Å². The van der Waals surface area contributed by atoms with Gasteiger partial charge in [0.1, 0.15) is 6.33 Å². The third-order valence-electron chi connectivity index (χ3n) is 3.19. The van der Waals surface area contributed by atoms with Crippen molar-refractivity contribution in [2.24, 2.45) is 5.92 Å². The van der Waals surface area contributed by atoms with Crippen LogP contribution in [-0.2, 0) is 4.79 Å². The molecule has 1 fully saturated rings. The molecule has 0 spiro atoms. The Bertz CT molecular complexity index is 409. The maximum atomic E-state index is 11.3. The summed E-state index contributed by atoms with van der Waals surface area (Å²) in [5.41, 5.74) is 1.26. The second-order valence-corrected chi connectivity index (χ2v) is 4.41. The van der Waals surface area contributed by atoms with E-state index in [1.165, 1.54) is 12.7 Å². The zero-order valence-electron chi connectivity index (χ0n) is 9.67. The lowest BCUT2D eigenvalue weighted by atomic mass is 9.83. The highest BCUT2D eigenvalue weighted by atomic mass is 16.4. The van der Waals surface area contributed by atoms with Gasteiger partial charge in [-0.2, -0.15) is 0 Å². The predicted octanol–water partition coefficient (Wildman–Crippen LogP) is 2.52. The van der Waals surface area contributed by atoms with Crippen LogP contribution in [0.3, 0.4) is 0 Å². The van der Waals surface area contributed by atoms with Gasteiger partial charge in [-0.05, 0) is 24.8 Å². The largest absolute Gasteiger partial charge is 0.478 e. The van der Waals surface area contributed by atoms with Crippen LogP contribution in [0.25, 0.3) is 6.08 Å². The fourth-order valence-corrected chi connectivity index (χ4v) is 2.33. The summed E-state index contributed by atoms with van der Waals surface area (Å²) in [5.74, 6) is -0.637. The number of hydrogen-bond acceptors (Lipinski definition) is 3. The van der Waals surface area contributed by atoms with E-state index in [1.54, 1.807) is 18.5 Å². The first kappa shape index (κ1) is 11.8. The number of carboxylic acid groups (broad SMARTS) is 1. The quantitative estimate of drug-likeness (QED) is 0.813. The molecule has 1 aromatic rings. The first-order valence-electron chi connectivity index (χ1n) is 5.97. The van der Waals surface area contributed by atoms with Crippen molar-refractivity contribution in [2.45, 2.75) is 32.1 Å². The summed E-state index contributed by atoms with van der Waals surface area (Å²) in [7, 11) is 0. The van der Waals surface area contributed by atoms with Crippen LogP contribution >= 0.6 is 0 Å². The van der Waals surface area contributed by atoms with Gasteiger partial charge in [0, 0.05) is 23.5 Å². The molecule has 0 aromatic carbocycles. The number of hydrogen-bond donors (Lipinski definition) is 1. The van der Waals surface area contributed by atoms with Crippen molar-refractivity contribution in [3.63, 3.8) is 0 Å². The topological polar surface area (TPSA) is 63.1 Å². The van der Waals surface area contributed by atoms with Gasteiger partial charge < -0.3 is 5.11 Å². The number of aromatic nitrogens is 2. The Hall–Kier alpha value is -1.71. The van der Waals surface area contributed by atoms with Gasteiger partial charge in [-0.15, -0.1) is 0 Å². The minimum Gasteiger partial charge on any atom is -0.478 e. The van der Waals surface area contributed by atoms with Crippen molar-refractivity contribution in [3.05, 3.63) is 29.9 Å². The van der Waals surface area contributed by atoms with Crippen molar-refractivity contribution in [1.29, 1.82) is 0 Å². The molecule has 4 heteroatoms. The summed E-state index contributed by atoms with van der Waals surface area (Å²) in [5, 5.41) is 9.28. The molecule has 0 amide bonds. The monoisotopic (exact) mass is 232 g/mol. The van der Waals surface area contributed by atoms with Gasteiger partial charge >= 0.3 is 5.97 Å². The zero-order valence-corrected chi connectivity index (χ0v) is 9.67. The van der Waals surface area contributed by atoms with Gasteiger partial charge in [0.25, 0.3) is 0 Å². The maximum absolute atomic E-state index is 11.3. The summed E-state index contributed by atoms with van der Waals surface area (Å²) in [6.07, 6.45) is 11.9. The fourth-order valence-electron chi connectivity index (χ4n) is 2.33. The van der Waals surface area contributed by atoms with Crippen LogP contribution in [0.5, 0.6) is 0 Å². The Morgan fingerprint density at radius 1 is 1.24 bits per heavy atom. The van der Waals surface area contributed by atoms with E-state index in [0.29, 0.717) is 5.57 Å². The first-order chi connectivity index (χ1) is 8.27. The Morgan fingerprint density at radius 3 is 2.47 bits per heavy atom. The van der Waals surface area contributed by atoms with Gasteiger partial charge in [0.15, 0.2) is 0 Å². The lowest BCUT2D eigenvalue weighted by Crippen LogP contribution is -2.15. The molecule has 0 atom stereocenters. The summed E-state index contributed by atoms with van der Waals surface area (Å²) in [6.45, 7) is 0. The summed E-state index contributed by atoms with van der Waals surface area (Å²) >= 11 is 0. The molecular weight excluding hydrogens is 216 g/mol. The second kappa shape index (κ2) is 5.57. The number of nitrogens with zero attached hydrogens (tertiary/aromatic N) is 2. The molecule has 1 N–H and O–H groups in total. The molecule has 90 valence electrons. The smallest absolute Gasteiger partial charge is 0.331 e. The normalized spacial score (nSPS) is 18.0. The van der Waals surface area contributed by atoms with E-state index in [9.17, 15) is 9.90 Å². The number of rotatable bonds is 3. The first-order valence-corrected chi connectivity index (χ1v) is 5.97. The highest BCUT2D eigenvalue weighted by Gasteiger charge is 2.22. The second-order valence-electron chi connectivity index (χ2n) is 4.41. The maximum Gasteiger partial charge on any atom is 0.331 e. The molecule has 0 saturated heterocycles. The summed E-state index contributed by atoms with van der Waals surface area (Å²) in [4.78, 5) is 19.1. The predicted molar refractivity (Wildman–Crippen MR) is 64.2 cm³/mol. The minimum atomic E-state index is -0.819. The van der Waals surface area contributed by atoms with Crippen molar-refractivity contribution >= 4 is 12.0 Å². The molecule has 0 bridgehead atoms. The number of aliphatic carboxylic acids is 1. The Morgan fingerprint density at radius 2 is 1.88 bits per heavy atom. The molecule has 17 heavy (non-hydrogen) atoms. The third kappa shape index (κ3) is 3.12. The van der Waals surface area contributed by atoms with Gasteiger partial charge in [-0.3, -0.25) is 0 Å². The van der Waals surface area contributed by atoms with Gasteiger partial charge in [0.2, 0.25) is 0 Å². The van der Waals surface area contributed by atoms with Crippen LogP contribution in [-0.4, -0.2) is 21.0 Å². The molecule has 2 rings (SSSR count). The molecule has 1 aliphatic rings. The van der Waals surface area contributed by atoms with E-state index in [4.69, 9.17) is 0 Å². The third-order valence-corrected chi connectivity index (χ3v) is 3.19. The van der Waals surface area contributed by atoms with Crippen molar-refractivity contribution < 1.29 is 9.90 Å². The van der Waals surface area contributed by atoms with E-state index in [2.05, 4.69) is 9.97 Å². The summed E-state index contributed by atoms with van der Waals surface area (Å²) < 4.78 is 0. The lowest BCUT2D eigenvalue weighted by Gasteiger charge is -2.22. The molecular formula is C13H16N2O2. The van der Waals surface area contributed by atoms with Crippen LogP contribution in [0.2, 0.25) is 0 Å². The fraction of sp³-hybridized carbons (Fsp3) is 0.462. The van der Waals surface area contributed by atoms with Crippen molar-refractivity contribution in [1.82, 2.24) is 9.97 Å². The number of carboxylic acids is 1. The molecule has 1 aromatic heterocycles. The average molecular weight is 232 g/mol. The SMILES string of the molecule is O=C(O)C(=Cc1cncnc1)C1CCCCC1. The van der Waals surface area contributed by atoms with Gasteiger partial charge in [-0.1, -0.05) is 19.3 Å². The van der Waals surface area contributed by atoms with Crippen LogP contribution in [0.4, 0.5) is 0 Å². The Balaban J connectivity index is 2.22. The molecule has 0 unspecified atom stereocenters. The van der Waals surface area contributed by atoms with Gasteiger partial charge in [-0.25, -0.2) is 14.8 Å². The van der Waals surface area contributed by atoms with Crippen LogP contribution in [0.1, 0.15) is 37.7 Å². The number of carbonyl (C=O) groups is 1. The van der Waals surface area contributed by atoms with Crippen LogP contribution in [0, 0.1) is 5.92 Å². The van der Waals surface area contributed by atoms with Crippen LogP contribution < -0.4 is 0 Å². The zero-order chi connectivity index (χ0) is 12.1.